The Kier molecular flexibility index (Phi) is 7.08. The average molecular weight is 492 g/mol. The van der Waals surface area contributed by atoms with E-state index in [1.165, 1.54) is 10.7 Å². The number of likely N-dealkylation sites (N-methyl/N-ethyl adjacent to an activating group) is 1. The molecule has 0 spiro atoms. The summed E-state index contributed by atoms with van der Waals surface area (Å²) in [6.07, 6.45) is -4.51. The molecule has 1 aliphatic rings. The van der Waals surface area contributed by atoms with E-state index in [-0.39, 0.29) is 11.4 Å². The number of aromatic nitrogens is 4. The van der Waals surface area contributed by atoms with Gasteiger partial charge in [-0.1, -0.05) is 29.5 Å². The lowest BCUT2D eigenvalue weighted by molar-refractivity contribution is -0.137. The molecule has 180 valence electrons. The van der Waals surface area contributed by atoms with Crippen LogP contribution in [0.1, 0.15) is 11.1 Å². The molecule has 1 aromatic heterocycles. The molecule has 1 amide bonds. The van der Waals surface area contributed by atoms with Crippen LogP contribution < -0.4 is 10.2 Å². The van der Waals surface area contributed by atoms with Crippen molar-refractivity contribution in [2.75, 3.05) is 49.2 Å². The number of nitrogens with zero attached hydrogens (tertiary/aromatic N) is 6. The summed E-state index contributed by atoms with van der Waals surface area (Å²) in [7, 11) is 1.99. The van der Waals surface area contributed by atoms with E-state index >= 15 is 0 Å². The molecular formula is C22H24F3N7OS. The zero-order valence-corrected chi connectivity index (χ0v) is 19.5. The van der Waals surface area contributed by atoms with Crippen LogP contribution in [0.3, 0.4) is 0 Å². The van der Waals surface area contributed by atoms with Crippen molar-refractivity contribution in [2.45, 2.75) is 18.3 Å². The standard InChI is InChI=1S/C22H24F3N7OS/c1-15-3-6-17(7-4-15)32-21(27-28-29-32)34-14-20(33)26-18-13-16(22(23,24)25)5-8-19(18)31-11-9-30(2)10-12-31/h3-8,13H,9-12,14H2,1-2H3,(H,26,33). The summed E-state index contributed by atoms with van der Waals surface area (Å²) in [6, 6.07) is 11.0. The van der Waals surface area contributed by atoms with Crippen LogP contribution in [0.4, 0.5) is 24.5 Å². The normalized spacial score (nSPS) is 14.9. The van der Waals surface area contributed by atoms with E-state index < -0.39 is 17.6 Å². The molecule has 0 saturated carbocycles. The Hall–Kier alpha value is -3.12. The topological polar surface area (TPSA) is 79.2 Å². The molecule has 0 atom stereocenters. The third-order valence-corrected chi connectivity index (χ3v) is 6.41. The summed E-state index contributed by atoms with van der Waals surface area (Å²) in [5.41, 5.74) is 1.74. The molecule has 8 nitrogen and oxygen atoms in total. The van der Waals surface area contributed by atoms with Crippen LogP contribution in [0.2, 0.25) is 0 Å². The van der Waals surface area contributed by atoms with Gasteiger partial charge in [0.1, 0.15) is 0 Å². The van der Waals surface area contributed by atoms with Crippen molar-refractivity contribution in [1.29, 1.82) is 0 Å². The monoisotopic (exact) mass is 491 g/mol. The summed E-state index contributed by atoms with van der Waals surface area (Å²) in [5.74, 6) is -0.511. The van der Waals surface area contributed by atoms with Crippen molar-refractivity contribution < 1.29 is 18.0 Å². The van der Waals surface area contributed by atoms with Gasteiger partial charge in [-0.3, -0.25) is 4.79 Å². The van der Waals surface area contributed by atoms with Gasteiger partial charge in [0.15, 0.2) is 0 Å². The molecule has 0 radical (unpaired) electrons. The van der Waals surface area contributed by atoms with Crippen molar-refractivity contribution in [3.8, 4) is 5.69 Å². The number of benzene rings is 2. The Labute approximate surface area is 199 Å². The van der Waals surface area contributed by atoms with E-state index in [2.05, 4.69) is 25.7 Å². The Morgan fingerprint density at radius 3 is 2.47 bits per heavy atom. The SMILES string of the molecule is Cc1ccc(-n2nnnc2SCC(=O)Nc2cc(C(F)(F)F)ccc2N2CCN(C)CC2)cc1. The molecule has 34 heavy (non-hydrogen) atoms. The van der Waals surface area contributed by atoms with E-state index in [4.69, 9.17) is 0 Å². The molecule has 0 bridgehead atoms. The number of halogens is 3. The molecule has 0 aliphatic carbocycles. The van der Waals surface area contributed by atoms with E-state index in [0.717, 1.165) is 48.2 Å². The molecule has 1 fully saturated rings. The maximum absolute atomic E-state index is 13.3. The lowest BCUT2D eigenvalue weighted by Crippen LogP contribution is -2.44. The fraction of sp³-hybridized carbons (Fsp3) is 0.364. The van der Waals surface area contributed by atoms with Crippen molar-refractivity contribution in [2.24, 2.45) is 0 Å². The first-order valence-corrected chi connectivity index (χ1v) is 11.6. The Balaban J connectivity index is 1.49. The van der Waals surface area contributed by atoms with Crippen LogP contribution in [0, 0.1) is 6.92 Å². The number of tetrazole rings is 1. The predicted molar refractivity (Wildman–Crippen MR) is 124 cm³/mol. The van der Waals surface area contributed by atoms with Crippen molar-refractivity contribution in [3.05, 3.63) is 53.6 Å². The second-order valence-corrected chi connectivity index (χ2v) is 9.01. The molecule has 2 heterocycles. The summed E-state index contributed by atoms with van der Waals surface area (Å²) < 4.78 is 41.5. The van der Waals surface area contributed by atoms with Gasteiger partial charge < -0.3 is 15.1 Å². The maximum atomic E-state index is 13.3. The van der Waals surface area contributed by atoms with Crippen LogP contribution >= 0.6 is 11.8 Å². The van der Waals surface area contributed by atoms with Gasteiger partial charge in [0.2, 0.25) is 11.1 Å². The summed E-state index contributed by atoms with van der Waals surface area (Å²) in [4.78, 5) is 16.9. The molecule has 4 rings (SSSR count). The number of rotatable bonds is 6. The number of aryl methyl sites for hydroxylation is 1. The summed E-state index contributed by atoms with van der Waals surface area (Å²) in [5, 5.41) is 14.7. The smallest absolute Gasteiger partial charge is 0.367 e. The molecule has 1 aliphatic heterocycles. The highest BCUT2D eigenvalue weighted by molar-refractivity contribution is 7.99. The van der Waals surface area contributed by atoms with Gasteiger partial charge in [0.25, 0.3) is 0 Å². The number of carbonyl (C=O) groups excluding carboxylic acids is 1. The number of nitrogens with one attached hydrogen (secondary N) is 1. The lowest BCUT2D eigenvalue weighted by atomic mass is 10.1. The Bertz CT molecular complexity index is 1140. The first-order valence-electron chi connectivity index (χ1n) is 10.6. The van der Waals surface area contributed by atoms with Gasteiger partial charge in [-0.2, -0.15) is 17.9 Å². The van der Waals surface area contributed by atoms with E-state index in [9.17, 15) is 18.0 Å². The molecule has 1 saturated heterocycles. The summed E-state index contributed by atoms with van der Waals surface area (Å²) in [6.45, 7) is 4.85. The van der Waals surface area contributed by atoms with Gasteiger partial charge in [-0.15, -0.1) is 5.10 Å². The van der Waals surface area contributed by atoms with Gasteiger partial charge in [0, 0.05) is 26.2 Å². The minimum absolute atomic E-state index is 0.0648. The minimum atomic E-state index is -4.51. The molecule has 2 aromatic carbocycles. The number of alkyl halides is 3. The van der Waals surface area contributed by atoms with Gasteiger partial charge in [-0.25, -0.2) is 0 Å². The van der Waals surface area contributed by atoms with Crippen LogP contribution in [-0.2, 0) is 11.0 Å². The van der Waals surface area contributed by atoms with Crippen molar-refractivity contribution in [1.82, 2.24) is 25.1 Å². The van der Waals surface area contributed by atoms with Gasteiger partial charge in [0.05, 0.1) is 28.4 Å². The number of anilines is 2. The number of piperazine rings is 1. The van der Waals surface area contributed by atoms with Crippen LogP contribution in [-0.4, -0.2) is 70.0 Å². The quantitative estimate of drug-likeness (QED) is 0.529. The fourth-order valence-electron chi connectivity index (χ4n) is 3.57. The van der Waals surface area contributed by atoms with E-state index in [0.29, 0.717) is 23.9 Å². The predicted octanol–water partition coefficient (Wildman–Crippen LogP) is 3.47. The number of carbonyl (C=O) groups is 1. The summed E-state index contributed by atoms with van der Waals surface area (Å²) >= 11 is 1.10. The average Bonchev–Trinajstić information content (AvgIpc) is 3.27. The zero-order valence-electron chi connectivity index (χ0n) is 18.7. The third-order valence-electron chi connectivity index (χ3n) is 5.49. The molecule has 1 N–H and O–H groups in total. The number of hydrogen-bond acceptors (Lipinski definition) is 7. The van der Waals surface area contributed by atoms with Crippen LogP contribution in [0.5, 0.6) is 0 Å². The minimum Gasteiger partial charge on any atom is -0.367 e. The number of thioether (sulfide) groups is 1. The van der Waals surface area contributed by atoms with E-state index in [1.807, 2.05) is 43.1 Å². The Morgan fingerprint density at radius 1 is 1.09 bits per heavy atom. The lowest BCUT2D eigenvalue weighted by Gasteiger charge is -2.35. The fourth-order valence-corrected chi connectivity index (χ4v) is 4.26. The van der Waals surface area contributed by atoms with Gasteiger partial charge >= 0.3 is 6.18 Å². The first kappa shape index (κ1) is 24.0. The molecule has 0 unspecified atom stereocenters. The third kappa shape index (κ3) is 5.68. The maximum Gasteiger partial charge on any atom is 0.416 e. The highest BCUT2D eigenvalue weighted by atomic mass is 32.2. The van der Waals surface area contributed by atoms with Crippen molar-refractivity contribution in [3.63, 3.8) is 0 Å². The second-order valence-electron chi connectivity index (χ2n) is 8.07. The molecule has 12 heteroatoms. The highest BCUT2D eigenvalue weighted by Gasteiger charge is 2.32. The van der Waals surface area contributed by atoms with E-state index in [1.54, 1.807) is 0 Å². The second kappa shape index (κ2) is 10.0. The molecular weight excluding hydrogens is 467 g/mol. The number of hydrogen-bond donors (Lipinski definition) is 1. The Morgan fingerprint density at radius 2 is 1.79 bits per heavy atom. The van der Waals surface area contributed by atoms with Gasteiger partial charge in [-0.05, 0) is 54.7 Å². The largest absolute Gasteiger partial charge is 0.416 e. The van der Waals surface area contributed by atoms with Crippen LogP contribution in [0.25, 0.3) is 5.69 Å². The van der Waals surface area contributed by atoms with Crippen LogP contribution in [0.15, 0.2) is 47.6 Å². The first-order chi connectivity index (χ1) is 16.2. The van der Waals surface area contributed by atoms with Crippen molar-refractivity contribution >= 4 is 29.0 Å². The highest BCUT2D eigenvalue weighted by Crippen LogP contribution is 2.36. The number of amides is 1. The zero-order chi connectivity index (χ0) is 24.3. The molecule has 3 aromatic rings.